The van der Waals surface area contributed by atoms with Crippen LogP contribution in [0.25, 0.3) is 0 Å². The number of amides is 2. The lowest BCUT2D eigenvalue weighted by molar-refractivity contribution is -0.139. The van der Waals surface area contributed by atoms with Crippen LogP contribution in [0.2, 0.25) is 0 Å². The van der Waals surface area contributed by atoms with Gasteiger partial charge in [-0.1, -0.05) is 42.5 Å². The fourth-order valence-corrected chi connectivity index (χ4v) is 6.52. The van der Waals surface area contributed by atoms with Crippen LogP contribution >= 0.6 is 22.7 Å². The van der Waals surface area contributed by atoms with Crippen LogP contribution < -0.4 is 10.6 Å². The van der Waals surface area contributed by atoms with Crippen molar-refractivity contribution in [2.24, 2.45) is 0 Å². The van der Waals surface area contributed by atoms with Crippen molar-refractivity contribution in [3.8, 4) is 0 Å². The molecule has 2 amide bonds. The molecule has 146 valence electrons. The van der Waals surface area contributed by atoms with Crippen LogP contribution in [-0.2, 0) is 26.0 Å². The first-order chi connectivity index (χ1) is 13.5. The summed E-state index contributed by atoms with van der Waals surface area (Å²) in [6.07, 6.45) is 0. The summed E-state index contributed by atoms with van der Waals surface area (Å²) in [5.74, 6) is -1.67. The first kappa shape index (κ1) is 20.2. The molecule has 2 aromatic heterocycles. The molecule has 0 aliphatic heterocycles. The molecule has 0 saturated heterocycles. The van der Waals surface area contributed by atoms with E-state index in [4.69, 9.17) is 0 Å². The van der Waals surface area contributed by atoms with Crippen LogP contribution in [0.1, 0.15) is 15.7 Å². The van der Waals surface area contributed by atoms with E-state index in [0.29, 0.717) is 4.88 Å². The van der Waals surface area contributed by atoms with Crippen LogP contribution in [0.5, 0.6) is 0 Å². The Balaban J connectivity index is 1.65. The van der Waals surface area contributed by atoms with Gasteiger partial charge in [0.2, 0.25) is 0 Å². The summed E-state index contributed by atoms with van der Waals surface area (Å²) in [7, 11) is -3.67. The SMILES string of the molecule is O=C(NCc1ccccc1)C(=O)NCC(c1cccs1)S(=O)(=O)c1cccs1. The molecule has 0 radical (unpaired) electrons. The highest BCUT2D eigenvalue weighted by atomic mass is 32.2. The summed E-state index contributed by atoms with van der Waals surface area (Å²) < 4.78 is 26.1. The quantitative estimate of drug-likeness (QED) is 0.559. The van der Waals surface area contributed by atoms with Gasteiger partial charge in [0.15, 0.2) is 9.84 Å². The Morgan fingerprint density at radius 1 is 0.857 bits per heavy atom. The van der Waals surface area contributed by atoms with Crippen molar-refractivity contribution in [2.75, 3.05) is 6.54 Å². The van der Waals surface area contributed by atoms with Gasteiger partial charge in [-0.15, -0.1) is 22.7 Å². The first-order valence-electron chi connectivity index (χ1n) is 8.39. The standard InChI is InChI=1S/C19H18N2O4S3/c22-18(20-12-14-6-2-1-3-7-14)19(23)21-13-16(15-8-4-10-26-15)28(24,25)17-9-5-11-27-17/h1-11,16H,12-13H2,(H,20,22)(H,21,23). The van der Waals surface area contributed by atoms with Crippen molar-refractivity contribution in [1.82, 2.24) is 10.6 Å². The molecule has 0 aliphatic carbocycles. The van der Waals surface area contributed by atoms with Crippen molar-refractivity contribution >= 4 is 44.3 Å². The summed E-state index contributed by atoms with van der Waals surface area (Å²) >= 11 is 2.42. The van der Waals surface area contributed by atoms with Gasteiger partial charge in [0, 0.05) is 18.0 Å². The topological polar surface area (TPSA) is 92.3 Å². The van der Waals surface area contributed by atoms with Gasteiger partial charge in [0.05, 0.1) is 0 Å². The van der Waals surface area contributed by atoms with E-state index >= 15 is 0 Å². The Labute approximate surface area is 171 Å². The number of benzene rings is 1. The molecule has 0 saturated carbocycles. The molecule has 2 heterocycles. The fourth-order valence-electron chi connectivity index (χ4n) is 2.53. The number of thiophene rings is 2. The van der Waals surface area contributed by atoms with Gasteiger partial charge in [0.1, 0.15) is 9.46 Å². The lowest BCUT2D eigenvalue weighted by Gasteiger charge is -2.16. The zero-order chi connectivity index (χ0) is 20.0. The van der Waals surface area contributed by atoms with Crippen molar-refractivity contribution in [3.05, 3.63) is 75.8 Å². The minimum atomic E-state index is -3.67. The molecule has 0 fully saturated rings. The minimum Gasteiger partial charge on any atom is -0.346 e. The number of rotatable bonds is 7. The Morgan fingerprint density at radius 3 is 2.18 bits per heavy atom. The van der Waals surface area contributed by atoms with E-state index in [-0.39, 0.29) is 17.3 Å². The number of nitrogens with one attached hydrogen (secondary N) is 2. The minimum absolute atomic E-state index is 0.182. The predicted octanol–water partition coefficient (Wildman–Crippen LogP) is 2.76. The van der Waals surface area contributed by atoms with E-state index in [9.17, 15) is 18.0 Å². The zero-order valence-corrected chi connectivity index (χ0v) is 17.1. The van der Waals surface area contributed by atoms with Crippen LogP contribution in [0, 0.1) is 0 Å². The summed E-state index contributed by atoms with van der Waals surface area (Å²) in [6.45, 7) is 0.0350. The maximum atomic E-state index is 13.0. The normalized spacial score (nSPS) is 12.3. The second-order valence-electron chi connectivity index (χ2n) is 5.86. The van der Waals surface area contributed by atoms with Crippen molar-refractivity contribution in [2.45, 2.75) is 16.0 Å². The molecule has 9 heteroatoms. The molecule has 3 rings (SSSR count). The van der Waals surface area contributed by atoms with Crippen LogP contribution in [0.15, 0.2) is 69.6 Å². The van der Waals surface area contributed by atoms with Crippen molar-refractivity contribution in [3.63, 3.8) is 0 Å². The van der Waals surface area contributed by atoms with E-state index in [1.165, 1.54) is 17.4 Å². The van der Waals surface area contributed by atoms with E-state index in [0.717, 1.165) is 16.9 Å². The van der Waals surface area contributed by atoms with E-state index in [2.05, 4.69) is 10.6 Å². The maximum absolute atomic E-state index is 13.0. The van der Waals surface area contributed by atoms with E-state index in [1.54, 1.807) is 29.0 Å². The molecular weight excluding hydrogens is 416 g/mol. The van der Waals surface area contributed by atoms with E-state index in [1.807, 2.05) is 30.3 Å². The van der Waals surface area contributed by atoms with Crippen LogP contribution in [-0.4, -0.2) is 26.8 Å². The van der Waals surface area contributed by atoms with Crippen LogP contribution in [0.4, 0.5) is 0 Å². The lowest BCUT2D eigenvalue weighted by atomic mass is 10.2. The molecule has 0 bridgehead atoms. The molecule has 1 aromatic carbocycles. The number of hydrogen-bond donors (Lipinski definition) is 2. The third-order valence-electron chi connectivity index (χ3n) is 3.96. The average molecular weight is 435 g/mol. The lowest BCUT2D eigenvalue weighted by Crippen LogP contribution is -2.41. The molecule has 1 atom stereocenters. The summed E-state index contributed by atoms with van der Waals surface area (Å²) in [6, 6.07) is 15.9. The summed E-state index contributed by atoms with van der Waals surface area (Å²) in [5.41, 5.74) is 0.861. The Morgan fingerprint density at radius 2 is 1.54 bits per heavy atom. The number of carbonyl (C=O) groups excluding carboxylic acids is 2. The van der Waals surface area contributed by atoms with Crippen molar-refractivity contribution < 1.29 is 18.0 Å². The Kier molecular flexibility index (Phi) is 6.61. The van der Waals surface area contributed by atoms with Gasteiger partial charge in [-0.2, -0.15) is 0 Å². The molecule has 0 spiro atoms. The Hall–Kier alpha value is -2.49. The number of sulfone groups is 1. The van der Waals surface area contributed by atoms with Gasteiger partial charge >= 0.3 is 11.8 Å². The second-order valence-corrected chi connectivity index (χ2v) is 10.1. The van der Waals surface area contributed by atoms with Gasteiger partial charge in [-0.3, -0.25) is 9.59 Å². The fraction of sp³-hybridized carbons (Fsp3) is 0.158. The first-order valence-corrected chi connectivity index (χ1v) is 11.7. The number of hydrogen-bond acceptors (Lipinski definition) is 6. The average Bonchev–Trinajstić information content (AvgIpc) is 3.41. The third kappa shape index (κ3) is 4.86. The van der Waals surface area contributed by atoms with E-state index < -0.39 is 26.9 Å². The van der Waals surface area contributed by atoms with Crippen molar-refractivity contribution in [1.29, 1.82) is 0 Å². The highest BCUT2D eigenvalue weighted by molar-refractivity contribution is 7.93. The molecular formula is C19H18N2O4S3. The highest BCUT2D eigenvalue weighted by Gasteiger charge is 2.31. The molecule has 0 aliphatic rings. The molecule has 28 heavy (non-hydrogen) atoms. The molecule has 1 unspecified atom stereocenters. The monoisotopic (exact) mass is 434 g/mol. The summed E-state index contributed by atoms with van der Waals surface area (Å²) in [5, 5.41) is 7.50. The Bertz CT molecular complexity index is 1010. The summed E-state index contributed by atoms with van der Waals surface area (Å²) in [4.78, 5) is 24.8. The molecule has 6 nitrogen and oxygen atoms in total. The van der Waals surface area contributed by atoms with Crippen LogP contribution in [0.3, 0.4) is 0 Å². The van der Waals surface area contributed by atoms with Gasteiger partial charge in [-0.05, 0) is 28.5 Å². The van der Waals surface area contributed by atoms with Gasteiger partial charge in [0.25, 0.3) is 0 Å². The molecule has 2 N–H and O–H groups in total. The number of carbonyl (C=O) groups is 2. The maximum Gasteiger partial charge on any atom is 0.309 e. The highest BCUT2D eigenvalue weighted by Crippen LogP contribution is 2.33. The van der Waals surface area contributed by atoms with Gasteiger partial charge in [-0.25, -0.2) is 8.42 Å². The third-order valence-corrected chi connectivity index (χ3v) is 8.61. The van der Waals surface area contributed by atoms with Gasteiger partial charge < -0.3 is 10.6 Å². The second kappa shape index (κ2) is 9.13. The predicted molar refractivity (Wildman–Crippen MR) is 110 cm³/mol. The zero-order valence-electron chi connectivity index (χ0n) is 14.7. The molecule has 3 aromatic rings. The smallest absolute Gasteiger partial charge is 0.309 e. The largest absolute Gasteiger partial charge is 0.346 e.